The Bertz CT molecular complexity index is 397. The fraction of sp³-hybridized carbons (Fsp3) is 0.364. The van der Waals surface area contributed by atoms with Gasteiger partial charge in [0, 0.05) is 0 Å². The summed E-state index contributed by atoms with van der Waals surface area (Å²) in [6.45, 7) is 5.23. The Hall–Kier alpha value is -1.37. The predicted octanol–water partition coefficient (Wildman–Crippen LogP) is 0.253. The molecular formula is C11H15BO5. The standard InChI is InChI=1S/C11H15BO5/c1-11(2,3)17-16-10(13)8-5-4-6-9(7-8)12(14)15/h4-7,14-15H,1-3H3. The van der Waals surface area contributed by atoms with Crippen LogP contribution < -0.4 is 5.46 Å². The normalized spacial score (nSPS) is 11.1. The highest BCUT2D eigenvalue weighted by Crippen LogP contribution is 2.09. The zero-order chi connectivity index (χ0) is 13.1. The Morgan fingerprint density at radius 3 is 2.47 bits per heavy atom. The Labute approximate surface area is 100 Å². The van der Waals surface area contributed by atoms with Crippen LogP contribution >= 0.6 is 0 Å². The van der Waals surface area contributed by atoms with Crippen molar-refractivity contribution in [2.75, 3.05) is 0 Å². The Kier molecular flexibility index (Phi) is 4.28. The second-order valence-corrected chi connectivity index (χ2v) is 4.57. The lowest BCUT2D eigenvalue weighted by atomic mass is 9.80. The summed E-state index contributed by atoms with van der Waals surface area (Å²) in [5.74, 6) is -0.678. The summed E-state index contributed by atoms with van der Waals surface area (Å²) in [5.41, 5.74) is -0.181. The molecule has 1 rings (SSSR count). The molecule has 92 valence electrons. The van der Waals surface area contributed by atoms with Gasteiger partial charge in [0.1, 0.15) is 5.60 Å². The largest absolute Gasteiger partial charge is 0.488 e. The van der Waals surface area contributed by atoms with Crippen LogP contribution in [0.25, 0.3) is 0 Å². The van der Waals surface area contributed by atoms with E-state index >= 15 is 0 Å². The van der Waals surface area contributed by atoms with Crippen LogP contribution in [-0.4, -0.2) is 28.7 Å². The molecule has 0 unspecified atom stereocenters. The molecule has 1 aromatic rings. The smallest absolute Gasteiger partial charge is 0.423 e. The SMILES string of the molecule is CC(C)(C)OOC(=O)c1cccc(B(O)O)c1. The van der Waals surface area contributed by atoms with Crippen molar-refractivity contribution in [3.05, 3.63) is 29.8 Å². The van der Waals surface area contributed by atoms with E-state index in [4.69, 9.17) is 14.9 Å². The molecule has 0 aliphatic rings. The first-order chi connectivity index (χ1) is 7.79. The zero-order valence-corrected chi connectivity index (χ0v) is 10.0. The van der Waals surface area contributed by atoms with Crippen LogP contribution in [0.3, 0.4) is 0 Å². The van der Waals surface area contributed by atoms with Crippen molar-refractivity contribution < 1.29 is 24.6 Å². The summed E-state index contributed by atoms with van der Waals surface area (Å²) < 4.78 is 0. The first-order valence-corrected chi connectivity index (χ1v) is 5.16. The second kappa shape index (κ2) is 5.31. The molecule has 0 saturated heterocycles. The molecule has 0 fully saturated rings. The molecule has 2 N–H and O–H groups in total. The van der Waals surface area contributed by atoms with Gasteiger partial charge in [-0.1, -0.05) is 12.1 Å². The van der Waals surface area contributed by atoms with E-state index in [9.17, 15) is 4.79 Å². The zero-order valence-electron chi connectivity index (χ0n) is 10.0. The molecule has 0 saturated carbocycles. The summed E-state index contributed by atoms with van der Waals surface area (Å²) in [5, 5.41) is 17.9. The fourth-order valence-corrected chi connectivity index (χ4v) is 1.04. The number of benzene rings is 1. The lowest BCUT2D eigenvalue weighted by Crippen LogP contribution is -2.30. The first-order valence-electron chi connectivity index (χ1n) is 5.16. The number of rotatable bonds is 3. The van der Waals surface area contributed by atoms with Crippen LogP contribution in [0.5, 0.6) is 0 Å². The van der Waals surface area contributed by atoms with E-state index in [1.807, 2.05) is 0 Å². The van der Waals surface area contributed by atoms with Crippen LogP contribution in [-0.2, 0) is 9.78 Å². The molecule has 0 aromatic heterocycles. The number of hydrogen-bond acceptors (Lipinski definition) is 5. The van der Waals surface area contributed by atoms with Crippen LogP contribution in [0, 0.1) is 0 Å². The van der Waals surface area contributed by atoms with Crippen molar-refractivity contribution >= 4 is 18.6 Å². The summed E-state index contributed by atoms with van der Waals surface area (Å²) in [6, 6.07) is 5.85. The molecule has 0 heterocycles. The topological polar surface area (TPSA) is 76.0 Å². The maximum Gasteiger partial charge on any atom is 0.488 e. The van der Waals surface area contributed by atoms with Crippen molar-refractivity contribution in [3.63, 3.8) is 0 Å². The highest BCUT2D eigenvalue weighted by molar-refractivity contribution is 6.58. The maximum atomic E-state index is 11.6. The predicted molar refractivity (Wildman–Crippen MR) is 62.5 cm³/mol. The van der Waals surface area contributed by atoms with Crippen molar-refractivity contribution in [1.82, 2.24) is 0 Å². The lowest BCUT2D eigenvalue weighted by molar-refractivity contribution is -0.301. The molecule has 5 nitrogen and oxygen atoms in total. The summed E-state index contributed by atoms with van der Waals surface area (Å²) in [7, 11) is -1.62. The Morgan fingerprint density at radius 2 is 1.94 bits per heavy atom. The molecule has 1 aromatic carbocycles. The molecule has 0 bridgehead atoms. The first kappa shape index (κ1) is 13.7. The van der Waals surface area contributed by atoms with Gasteiger partial charge < -0.3 is 10.0 Å². The van der Waals surface area contributed by atoms with E-state index in [1.165, 1.54) is 24.3 Å². The molecule has 0 atom stereocenters. The number of carbonyl (C=O) groups is 1. The third kappa shape index (κ3) is 4.56. The van der Waals surface area contributed by atoms with Crippen LogP contribution in [0.1, 0.15) is 31.1 Å². The fourth-order valence-electron chi connectivity index (χ4n) is 1.04. The van der Waals surface area contributed by atoms with Gasteiger partial charge in [0.05, 0.1) is 5.56 Å². The van der Waals surface area contributed by atoms with Crippen LogP contribution in [0.4, 0.5) is 0 Å². The molecule has 0 radical (unpaired) electrons. The second-order valence-electron chi connectivity index (χ2n) is 4.57. The molecular weight excluding hydrogens is 223 g/mol. The maximum absolute atomic E-state index is 11.6. The van der Waals surface area contributed by atoms with Crippen molar-refractivity contribution in [1.29, 1.82) is 0 Å². The van der Waals surface area contributed by atoms with Gasteiger partial charge in [0.15, 0.2) is 0 Å². The minimum Gasteiger partial charge on any atom is -0.423 e. The third-order valence-corrected chi connectivity index (χ3v) is 1.79. The molecule has 0 aliphatic carbocycles. The van der Waals surface area contributed by atoms with Gasteiger partial charge >= 0.3 is 13.1 Å². The Morgan fingerprint density at radius 1 is 1.29 bits per heavy atom. The van der Waals surface area contributed by atoms with Gasteiger partial charge in [-0.05, 0) is 38.4 Å². The highest BCUT2D eigenvalue weighted by atomic mass is 17.2. The van der Waals surface area contributed by atoms with E-state index < -0.39 is 18.7 Å². The molecule has 0 spiro atoms. The highest BCUT2D eigenvalue weighted by Gasteiger charge is 2.18. The molecule has 17 heavy (non-hydrogen) atoms. The van der Waals surface area contributed by atoms with E-state index in [1.54, 1.807) is 20.8 Å². The third-order valence-electron chi connectivity index (χ3n) is 1.79. The van der Waals surface area contributed by atoms with E-state index in [-0.39, 0.29) is 11.0 Å². The quantitative estimate of drug-likeness (QED) is 0.448. The average molecular weight is 238 g/mol. The summed E-state index contributed by atoms with van der Waals surface area (Å²) in [6.07, 6.45) is 0. The molecule has 6 heteroatoms. The average Bonchev–Trinajstić information content (AvgIpc) is 2.25. The van der Waals surface area contributed by atoms with Gasteiger partial charge in [-0.2, -0.15) is 4.89 Å². The minimum atomic E-state index is -1.62. The van der Waals surface area contributed by atoms with Crippen LogP contribution in [0.15, 0.2) is 24.3 Å². The Balaban J connectivity index is 2.72. The van der Waals surface area contributed by atoms with Crippen LogP contribution in [0.2, 0.25) is 0 Å². The number of hydrogen-bond donors (Lipinski definition) is 2. The van der Waals surface area contributed by atoms with Gasteiger partial charge in [0.25, 0.3) is 0 Å². The number of carbonyl (C=O) groups excluding carboxylic acids is 1. The van der Waals surface area contributed by atoms with Gasteiger partial charge in [0.2, 0.25) is 0 Å². The van der Waals surface area contributed by atoms with Crippen molar-refractivity contribution in [2.24, 2.45) is 0 Å². The minimum absolute atomic E-state index is 0.194. The lowest BCUT2D eigenvalue weighted by Gasteiger charge is -2.16. The molecule has 0 aliphatic heterocycles. The van der Waals surface area contributed by atoms with E-state index in [0.717, 1.165) is 0 Å². The van der Waals surface area contributed by atoms with Gasteiger partial charge in [-0.25, -0.2) is 4.79 Å². The van der Waals surface area contributed by atoms with E-state index in [2.05, 4.69) is 4.89 Å². The van der Waals surface area contributed by atoms with E-state index in [0.29, 0.717) is 0 Å². The summed E-state index contributed by atoms with van der Waals surface area (Å²) in [4.78, 5) is 21.1. The van der Waals surface area contributed by atoms with Crippen molar-refractivity contribution in [2.45, 2.75) is 26.4 Å². The molecule has 0 amide bonds. The monoisotopic (exact) mass is 238 g/mol. The van der Waals surface area contributed by atoms with Gasteiger partial charge in [-0.3, -0.25) is 4.89 Å². The van der Waals surface area contributed by atoms with Crippen molar-refractivity contribution in [3.8, 4) is 0 Å². The summed E-state index contributed by atoms with van der Waals surface area (Å²) >= 11 is 0. The van der Waals surface area contributed by atoms with Gasteiger partial charge in [-0.15, -0.1) is 0 Å².